The molecule has 0 saturated carbocycles. The van der Waals surface area contributed by atoms with Crippen molar-refractivity contribution < 1.29 is 14.3 Å². The van der Waals surface area contributed by atoms with Crippen LogP contribution < -0.4 is 0 Å². The fourth-order valence-electron chi connectivity index (χ4n) is 2.95. The van der Waals surface area contributed by atoms with Gasteiger partial charge in [-0.1, -0.05) is 41.3 Å². The van der Waals surface area contributed by atoms with Crippen LogP contribution in [0.15, 0.2) is 34.7 Å². The predicted molar refractivity (Wildman–Crippen MR) is 118 cm³/mol. The summed E-state index contributed by atoms with van der Waals surface area (Å²) >= 11 is 8.14. The molecule has 0 aliphatic rings. The number of aromatic nitrogens is 3. The van der Waals surface area contributed by atoms with E-state index in [0.29, 0.717) is 30.8 Å². The second kappa shape index (κ2) is 9.06. The summed E-state index contributed by atoms with van der Waals surface area (Å²) in [5.41, 5.74) is 2.98. The number of aryl methyl sites for hydroxylation is 1. The lowest BCUT2D eigenvalue weighted by atomic mass is 10.1. The van der Waals surface area contributed by atoms with Crippen LogP contribution in [0.2, 0.25) is 0 Å². The maximum atomic E-state index is 13.0. The van der Waals surface area contributed by atoms with Gasteiger partial charge in [-0.2, -0.15) is 0 Å². The number of ketones is 1. The van der Waals surface area contributed by atoms with Gasteiger partial charge in [0.1, 0.15) is 0 Å². The molecule has 0 fully saturated rings. The topological polar surface area (TPSA) is 77.0 Å². The number of esters is 1. The Balaban J connectivity index is 1.81. The van der Waals surface area contributed by atoms with Crippen LogP contribution in [0, 0.1) is 17.8 Å². The number of hydrogen-bond donors (Lipinski definition) is 1. The molecular weight excluding hydrogens is 426 g/mol. The molecule has 152 valence electrons. The molecule has 2 heterocycles. The van der Waals surface area contributed by atoms with Crippen LogP contribution in [0.3, 0.4) is 0 Å². The van der Waals surface area contributed by atoms with E-state index >= 15 is 0 Å². The molecule has 29 heavy (non-hydrogen) atoms. The van der Waals surface area contributed by atoms with Crippen molar-refractivity contribution in [2.45, 2.75) is 37.3 Å². The second-order valence-corrected chi connectivity index (χ2v) is 9.56. The Hall–Kier alpha value is -2.23. The molecular formula is C20H21N3O3S3. The van der Waals surface area contributed by atoms with E-state index in [2.05, 4.69) is 10.1 Å². The molecule has 9 heteroatoms. The minimum absolute atomic E-state index is 0.0986. The van der Waals surface area contributed by atoms with E-state index < -0.39 is 11.2 Å². The van der Waals surface area contributed by atoms with Crippen molar-refractivity contribution in [2.75, 3.05) is 6.61 Å². The lowest BCUT2D eigenvalue weighted by Crippen LogP contribution is -2.15. The number of nitrogens with one attached hydrogen (secondary N) is 1. The monoisotopic (exact) mass is 447 g/mol. The van der Waals surface area contributed by atoms with Crippen LogP contribution in [0.4, 0.5) is 0 Å². The Kier molecular flexibility index (Phi) is 6.71. The number of aromatic amines is 1. The lowest BCUT2D eigenvalue weighted by molar-refractivity contribution is 0.0525. The number of H-pyrrole nitrogens is 1. The zero-order chi connectivity index (χ0) is 21.1. The average Bonchev–Trinajstić information content (AvgIpc) is 3.20. The molecule has 2 aromatic heterocycles. The van der Waals surface area contributed by atoms with Gasteiger partial charge in [0.05, 0.1) is 28.8 Å². The van der Waals surface area contributed by atoms with Gasteiger partial charge in [0.2, 0.25) is 0 Å². The van der Waals surface area contributed by atoms with Crippen LogP contribution >= 0.6 is 35.3 Å². The second-order valence-electron chi connectivity index (χ2n) is 6.35. The number of para-hydroxylation sites is 1. The third kappa shape index (κ3) is 4.52. The van der Waals surface area contributed by atoms with Crippen molar-refractivity contribution in [1.82, 2.24) is 14.8 Å². The minimum atomic E-state index is -0.419. The highest BCUT2D eigenvalue weighted by molar-refractivity contribution is 8.02. The van der Waals surface area contributed by atoms with E-state index in [-0.39, 0.29) is 12.4 Å². The molecule has 3 rings (SSSR count). The fraction of sp³-hybridized carbons (Fsp3) is 0.300. The Morgan fingerprint density at radius 1 is 1.31 bits per heavy atom. The summed E-state index contributed by atoms with van der Waals surface area (Å²) in [5.74, 6) is -0.517. The van der Waals surface area contributed by atoms with Gasteiger partial charge in [-0.15, -0.1) is 5.10 Å². The summed E-state index contributed by atoms with van der Waals surface area (Å²) in [6.45, 7) is 7.38. The molecule has 3 aromatic rings. The van der Waals surface area contributed by atoms with Crippen LogP contribution in [-0.4, -0.2) is 38.4 Å². The molecule has 0 amide bonds. The van der Waals surface area contributed by atoms with Crippen LogP contribution in [0.5, 0.6) is 0 Å². The fourth-order valence-corrected chi connectivity index (χ4v) is 5.52. The molecule has 1 atom stereocenters. The molecule has 0 aliphatic carbocycles. The van der Waals surface area contributed by atoms with Crippen molar-refractivity contribution in [1.29, 1.82) is 0 Å². The number of carbonyl (C=O) groups is 2. The van der Waals surface area contributed by atoms with Crippen molar-refractivity contribution in [3.05, 3.63) is 56.8 Å². The number of ether oxygens (including phenoxy) is 1. The highest BCUT2D eigenvalue weighted by Crippen LogP contribution is 2.30. The number of rotatable bonds is 7. The first-order chi connectivity index (χ1) is 13.8. The van der Waals surface area contributed by atoms with E-state index in [1.165, 1.54) is 23.1 Å². The van der Waals surface area contributed by atoms with E-state index in [9.17, 15) is 9.59 Å². The van der Waals surface area contributed by atoms with Crippen molar-refractivity contribution in [2.24, 2.45) is 0 Å². The normalized spacial score (nSPS) is 12.0. The van der Waals surface area contributed by atoms with E-state index in [4.69, 9.17) is 17.0 Å². The first-order valence-corrected chi connectivity index (χ1v) is 11.2. The van der Waals surface area contributed by atoms with Gasteiger partial charge in [0.15, 0.2) is 14.1 Å². The Bertz CT molecular complexity index is 1100. The zero-order valence-electron chi connectivity index (χ0n) is 16.5. The third-order valence-electron chi connectivity index (χ3n) is 4.34. The number of thioether (sulfide) groups is 1. The SMILES string of the molecule is CCOC(=O)c1c(C)[nH]c(C(=O)[C@@H](C)Sc2nn(-c3ccccc3)c(=S)s2)c1C. The van der Waals surface area contributed by atoms with Crippen molar-refractivity contribution in [3.63, 3.8) is 0 Å². The van der Waals surface area contributed by atoms with Gasteiger partial charge >= 0.3 is 5.97 Å². The van der Waals surface area contributed by atoms with Gasteiger partial charge in [-0.05, 0) is 57.6 Å². The van der Waals surface area contributed by atoms with Gasteiger partial charge in [0, 0.05) is 5.69 Å². The number of hydrogen-bond acceptors (Lipinski definition) is 7. The van der Waals surface area contributed by atoms with Crippen LogP contribution in [-0.2, 0) is 4.74 Å². The summed E-state index contributed by atoms with van der Waals surface area (Å²) in [6.07, 6.45) is 0. The number of Topliss-reactive ketones (excluding diaryl/α,β-unsaturated/α-hetero) is 1. The first-order valence-electron chi connectivity index (χ1n) is 9.06. The molecule has 6 nitrogen and oxygen atoms in total. The maximum Gasteiger partial charge on any atom is 0.340 e. The molecule has 0 saturated heterocycles. The van der Waals surface area contributed by atoms with E-state index in [0.717, 1.165) is 5.69 Å². The highest BCUT2D eigenvalue weighted by Gasteiger charge is 2.27. The summed E-state index contributed by atoms with van der Waals surface area (Å²) in [7, 11) is 0. The third-order valence-corrected chi connectivity index (χ3v) is 6.76. The molecule has 0 unspecified atom stereocenters. The summed E-state index contributed by atoms with van der Waals surface area (Å²) in [6, 6.07) is 9.64. The molecule has 0 radical (unpaired) electrons. The summed E-state index contributed by atoms with van der Waals surface area (Å²) < 4.78 is 8.13. The summed E-state index contributed by atoms with van der Waals surface area (Å²) in [5, 5.41) is 4.15. The van der Waals surface area contributed by atoms with Crippen LogP contribution in [0.25, 0.3) is 5.69 Å². The van der Waals surface area contributed by atoms with Gasteiger partial charge in [0.25, 0.3) is 0 Å². The van der Waals surface area contributed by atoms with Gasteiger partial charge in [-0.3, -0.25) is 4.79 Å². The van der Waals surface area contributed by atoms with Crippen LogP contribution in [0.1, 0.15) is 46.0 Å². The predicted octanol–water partition coefficient (Wildman–Crippen LogP) is 5.15. The van der Waals surface area contributed by atoms with E-state index in [1.807, 2.05) is 37.3 Å². The molecule has 0 aliphatic heterocycles. The Morgan fingerprint density at radius 2 is 2.00 bits per heavy atom. The largest absolute Gasteiger partial charge is 0.462 e. The number of nitrogens with zero attached hydrogens (tertiary/aromatic N) is 2. The molecule has 1 N–H and O–H groups in total. The highest BCUT2D eigenvalue weighted by atomic mass is 32.2. The quantitative estimate of drug-likeness (QED) is 0.234. The molecule has 1 aromatic carbocycles. The van der Waals surface area contributed by atoms with Gasteiger partial charge in [-0.25, -0.2) is 9.48 Å². The number of carbonyl (C=O) groups excluding carboxylic acids is 2. The summed E-state index contributed by atoms with van der Waals surface area (Å²) in [4.78, 5) is 28.2. The lowest BCUT2D eigenvalue weighted by Gasteiger charge is -2.08. The van der Waals surface area contributed by atoms with Crippen molar-refractivity contribution >= 4 is 47.1 Å². The minimum Gasteiger partial charge on any atom is -0.462 e. The Morgan fingerprint density at radius 3 is 2.66 bits per heavy atom. The van der Waals surface area contributed by atoms with E-state index in [1.54, 1.807) is 25.5 Å². The standard InChI is InChI=1S/C20H21N3O3S3/c1-5-26-18(25)15-11(2)16(21-12(15)3)17(24)13(4)28-19-22-23(20(27)29-19)14-9-7-6-8-10-14/h6-10,13,21H,5H2,1-4H3/t13-/m1/s1. The maximum absolute atomic E-state index is 13.0. The molecule has 0 bridgehead atoms. The first kappa shape index (κ1) is 21.5. The zero-order valence-corrected chi connectivity index (χ0v) is 19.0. The average molecular weight is 448 g/mol. The number of benzene rings is 1. The smallest absolute Gasteiger partial charge is 0.340 e. The molecule has 0 spiro atoms. The Labute approximate surface area is 182 Å². The van der Waals surface area contributed by atoms with Gasteiger partial charge < -0.3 is 9.72 Å². The van der Waals surface area contributed by atoms with Crippen molar-refractivity contribution in [3.8, 4) is 5.69 Å².